The standard InChI is InChI=1S/C13H19N3O4/c1-14(9-11-3-2-8-20-11)13(19)16-6-4-15(5-7-16)10-12(17)18/h2-3,8H,4-7,9-10H2,1H3,(H,17,18). The third-order valence-electron chi connectivity index (χ3n) is 3.30. The topological polar surface area (TPSA) is 77.2 Å². The molecule has 0 aromatic carbocycles. The molecule has 0 saturated carbocycles. The molecule has 1 saturated heterocycles. The van der Waals surface area contributed by atoms with E-state index in [0.29, 0.717) is 32.7 Å². The van der Waals surface area contributed by atoms with E-state index in [0.717, 1.165) is 5.76 Å². The van der Waals surface area contributed by atoms with Gasteiger partial charge in [0.1, 0.15) is 5.76 Å². The average molecular weight is 281 g/mol. The number of carbonyl (C=O) groups is 2. The zero-order valence-corrected chi connectivity index (χ0v) is 11.5. The third kappa shape index (κ3) is 3.74. The second-order valence-electron chi connectivity index (χ2n) is 4.87. The smallest absolute Gasteiger partial charge is 0.320 e. The van der Waals surface area contributed by atoms with Crippen LogP contribution in [0.1, 0.15) is 5.76 Å². The summed E-state index contributed by atoms with van der Waals surface area (Å²) < 4.78 is 5.22. The first kappa shape index (κ1) is 14.4. The summed E-state index contributed by atoms with van der Waals surface area (Å²) in [5, 5.41) is 8.73. The van der Waals surface area contributed by atoms with Crippen LogP contribution in [0.4, 0.5) is 4.79 Å². The maximum absolute atomic E-state index is 12.2. The van der Waals surface area contributed by atoms with Gasteiger partial charge in [-0.1, -0.05) is 0 Å². The fourth-order valence-corrected chi connectivity index (χ4v) is 2.23. The number of nitrogens with zero attached hydrogens (tertiary/aromatic N) is 3. The molecule has 2 amide bonds. The Balaban J connectivity index is 1.80. The van der Waals surface area contributed by atoms with Crippen molar-refractivity contribution < 1.29 is 19.1 Å². The summed E-state index contributed by atoms with van der Waals surface area (Å²) in [5.74, 6) is -0.0925. The number of piperazine rings is 1. The molecule has 2 rings (SSSR count). The molecule has 0 spiro atoms. The van der Waals surface area contributed by atoms with Gasteiger partial charge >= 0.3 is 12.0 Å². The second kappa shape index (κ2) is 6.42. The quantitative estimate of drug-likeness (QED) is 0.871. The van der Waals surface area contributed by atoms with Crippen molar-refractivity contribution in [1.29, 1.82) is 0 Å². The van der Waals surface area contributed by atoms with Gasteiger partial charge in [0, 0.05) is 33.2 Å². The number of furan rings is 1. The highest BCUT2D eigenvalue weighted by Crippen LogP contribution is 2.09. The maximum atomic E-state index is 12.2. The lowest BCUT2D eigenvalue weighted by Gasteiger charge is -2.35. The lowest BCUT2D eigenvalue weighted by Crippen LogP contribution is -2.52. The lowest BCUT2D eigenvalue weighted by atomic mass is 10.3. The highest BCUT2D eigenvalue weighted by atomic mass is 16.4. The van der Waals surface area contributed by atoms with Crippen LogP contribution >= 0.6 is 0 Å². The normalized spacial score (nSPS) is 16.1. The van der Waals surface area contributed by atoms with Crippen molar-refractivity contribution in [2.45, 2.75) is 6.54 Å². The zero-order valence-electron chi connectivity index (χ0n) is 11.5. The van der Waals surface area contributed by atoms with Crippen LogP contribution in [0.5, 0.6) is 0 Å². The number of carboxylic acids is 1. The molecule has 0 aliphatic carbocycles. The van der Waals surface area contributed by atoms with E-state index >= 15 is 0 Å². The number of urea groups is 1. The van der Waals surface area contributed by atoms with E-state index in [9.17, 15) is 9.59 Å². The van der Waals surface area contributed by atoms with Gasteiger partial charge in [0.2, 0.25) is 0 Å². The van der Waals surface area contributed by atoms with E-state index in [-0.39, 0.29) is 12.6 Å². The van der Waals surface area contributed by atoms with Crippen LogP contribution in [-0.4, -0.2) is 71.6 Å². The van der Waals surface area contributed by atoms with Crippen LogP contribution in [0.2, 0.25) is 0 Å². The summed E-state index contributed by atoms with van der Waals surface area (Å²) in [5.41, 5.74) is 0. The molecule has 1 aromatic heterocycles. The Labute approximate surface area is 117 Å². The van der Waals surface area contributed by atoms with Crippen molar-refractivity contribution >= 4 is 12.0 Å². The van der Waals surface area contributed by atoms with Crippen molar-refractivity contribution in [2.24, 2.45) is 0 Å². The molecule has 1 N–H and O–H groups in total. The number of hydrogen-bond acceptors (Lipinski definition) is 4. The Bertz CT molecular complexity index is 452. The first-order chi connectivity index (χ1) is 9.56. The van der Waals surface area contributed by atoms with Gasteiger partial charge in [0.05, 0.1) is 19.4 Å². The Hall–Kier alpha value is -2.02. The van der Waals surface area contributed by atoms with Crippen LogP contribution in [0, 0.1) is 0 Å². The molecule has 110 valence electrons. The van der Waals surface area contributed by atoms with Crippen molar-refractivity contribution in [3.63, 3.8) is 0 Å². The lowest BCUT2D eigenvalue weighted by molar-refractivity contribution is -0.138. The predicted molar refractivity (Wildman–Crippen MR) is 71.2 cm³/mol. The van der Waals surface area contributed by atoms with Crippen LogP contribution < -0.4 is 0 Å². The molecular formula is C13H19N3O4. The van der Waals surface area contributed by atoms with Gasteiger partial charge in [0.25, 0.3) is 0 Å². The maximum Gasteiger partial charge on any atom is 0.320 e. The van der Waals surface area contributed by atoms with Crippen molar-refractivity contribution in [3.8, 4) is 0 Å². The molecule has 7 heteroatoms. The van der Waals surface area contributed by atoms with Gasteiger partial charge in [-0.3, -0.25) is 9.69 Å². The first-order valence-electron chi connectivity index (χ1n) is 6.53. The summed E-state index contributed by atoms with van der Waals surface area (Å²) >= 11 is 0. The van der Waals surface area contributed by atoms with Gasteiger partial charge in [-0.25, -0.2) is 4.79 Å². The second-order valence-corrected chi connectivity index (χ2v) is 4.87. The number of carbonyl (C=O) groups excluding carboxylic acids is 1. The molecule has 7 nitrogen and oxygen atoms in total. The summed E-state index contributed by atoms with van der Waals surface area (Å²) in [7, 11) is 1.73. The SMILES string of the molecule is CN(Cc1ccco1)C(=O)N1CCN(CC(=O)O)CC1. The van der Waals surface area contributed by atoms with Crippen molar-refractivity contribution in [3.05, 3.63) is 24.2 Å². The molecule has 0 bridgehead atoms. The number of carboxylic acid groups (broad SMARTS) is 1. The highest BCUT2D eigenvalue weighted by Gasteiger charge is 2.24. The molecule has 1 aliphatic rings. The fourth-order valence-electron chi connectivity index (χ4n) is 2.23. The van der Waals surface area contributed by atoms with Crippen LogP contribution in [0.3, 0.4) is 0 Å². The summed E-state index contributed by atoms with van der Waals surface area (Å²) in [6.45, 7) is 2.74. The van der Waals surface area contributed by atoms with Crippen LogP contribution in [0.15, 0.2) is 22.8 Å². The molecule has 2 heterocycles. The van der Waals surface area contributed by atoms with Gasteiger partial charge in [-0.05, 0) is 12.1 Å². The summed E-state index contributed by atoms with van der Waals surface area (Å²) in [4.78, 5) is 28.0. The molecule has 0 atom stereocenters. The Morgan fingerprint density at radius 1 is 1.35 bits per heavy atom. The zero-order chi connectivity index (χ0) is 14.5. The van der Waals surface area contributed by atoms with Gasteiger partial charge in [-0.2, -0.15) is 0 Å². The number of aliphatic carboxylic acids is 1. The van der Waals surface area contributed by atoms with E-state index in [2.05, 4.69) is 0 Å². The number of rotatable bonds is 4. The monoisotopic (exact) mass is 281 g/mol. The van der Waals surface area contributed by atoms with Gasteiger partial charge in [0.15, 0.2) is 0 Å². The molecule has 0 radical (unpaired) electrons. The minimum Gasteiger partial charge on any atom is -0.480 e. The molecule has 0 unspecified atom stereocenters. The molecule has 1 fully saturated rings. The number of hydrogen-bond donors (Lipinski definition) is 1. The molecule has 20 heavy (non-hydrogen) atoms. The average Bonchev–Trinajstić information content (AvgIpc) is 2.91. The van der Waals surface area contributed by atoms with E-state index in [4.69, 9.17) is 9.52 Å². The minimum absolute atomic E-state index is 0.0320. The Kier molecular flexibility index (Phi) is 4.62. The summed E-state index contributed by atoms with van der Waals surface area (Å²) in [6, 6.07) is 3.56. The van der Waals surface area contributed by atoms with E-state index in [1.807, 2.05) is 11.0 Å². The number of amides is 2. The summed E-state index contributed by atoms with van der Waals surface area (Å²) in [6.07, 6.45) is 1.58. The fraction of sp³-hybridized carbons (Fsp3) is 0.538. The van der Waals surface area contributed by atoms with Crippen LogP contribution in [-0.2, 0) is 11.3 Å². The third-order valence-corrected chi connectivity index (χ3v) is 3.30. The van der Waals surface area contributed by atoms with Gasteiger partial charge in [-0.15, -0.1) is 0 Å². The van der Waals surface area contributed by atoms with E-state index in [1.54, 1.807) is 29.2 Å². The van der Waals surface area contributed by atoms with Crippen molar-refractivity contribution in [2.75, 3.05) is 39.8 Å². The Morgan fingerprint density at radius 3 is 2.60 bits per heavy atom. The molecule has 1 aliphatic heterocycles. The van der Waals surface area contributed by atoms with E-state index in [1.165, 1.54) is 0 Å². The van der Waals surface area contributed by atoms with E-state index < -0.39 is 5.97 Å². The highest BCUT2D eigenvalue weighted by molar-refractivity contribution is 5.74. The minimum atomic E-state index is -0.834. The first-order valence-corrected chi connectivity index (χ1v) is 6.53. The largest absolute Gasteiger partial charge is 0.480 e. The molecule has 1 aromatic rings. The Morgan fingerprint density at radius 2 is 2.05 bits per heavy atom. The van der Waals surface area contributed by atoms with Crippen molar-refractivity contribution in [1.82, 2.24) is 14.7 Å². The molecular weight excluding hydrogens is 262 g/mol. The predicted octanol–water partition coefficient (Wildman–Crippen LogP) is 0.534. The van der Waals surface area contributed by atoms with Crippen LogP contribution in [0.25, 0.3) is 0 Å². The van der Waals surface area contributed by atoms with Gasteiger partial charge < -0.3 is 19.3 Å².